The summed E-state index contributed by atoms with van der Waals surface area (Å²) >= 11 is 0. The molecule has 2 rings (SSSR count). The second-order valence-corrected chi connectivity index (χ2v) is 6.39. The molecule has 116 valence electrons. The van der Waals surface area contributed by atoms with Gasteiger partial charge in [-0.1, -0.05) is 6.42 Å². The van der Waals surface area contributed by atoms with Gasteiger partial charge in [0.15, 0.2) is 0 Å². The van der Waals surface area contributed by atoms with Crippen molar-refractivity contribution in [2.45, 2.75) is 44.8 Å². The number of aliphatic hydroxyl groups is 1. The van der Waals surface area contributed by atoms with Gasteiger partial charge in [0.1, 0.15) is 0 Å². The van der Waals surface area contributed by atoms with Crippen molar-refractivity contribution in [3.8, 4) is 0 Å². The van der Waals surface area contributed by atoms with Crippen molar-refractivity contribution in [3.63, 3.8) is 0 Å². The highest BCUT2D eigenvalue weighted by atomic mass is 16.3. The lowest BCUT2D eigenvalue weighted by atomic mass is 9.97. The Balaban J connectivity index is 1.84. The predicted octanol–water partition coefficient (Wildman–Crippen LogP) is 0.386. The number of carbonyl (C=O) groups excluding carboxylic acids is 1. The van der Waals surface area contributed by atoms with Gasteiger partial charge in [-0.15, -0.1) is 0 Å². The lowest BCUT2D eigenvalue weighted by molar-refractivity contribution is -0.135. The van der Waals surface area contributed by atoms with E-state index in [4.69, 9.17) is 0 Å². The number of rotatable bonds is 4. The summed E-state index contributed by atoms with van der Waals surface area (Å²) in [6, 6.07) is 0.375. The molecule has 5 nitrogen and oxygen atoms in total. The molecule has 2 unspecified atom stereocenters. The fourth-order valence-electron chi connectivity index (χ4n) is 3.26. The Morgan fingerprint density at radius 1 is 1.20 bits per heavy atom. The normalized spacial score (nSPS) is 27.6. The van der Waals surface area contributed by atoms with E-state index in [0.29, 0.717) is 12.6 Å². The zero-order chi connectivity index (χ0) is 14.5. The van der Waals surface area contributed by atoms with Gasteiger partial charge in [-0.25, -0.2) is 0 Å². The van der Waals surface area contributed by atoms with Gasteiger partial charge >= 0.3 is 0 Å². The second kappa shape index (κ2) is 7.38. The average Bonchev–Trinajstić information content (AvgIpc) is 2.41. The molecule has 20 heavy (non-hydrogen) atoms. The van der Waals surface area contributed by atoms with E-state index in [9.17, 15) is 9.90 Å². The zero-order valence-corrected chi connectivity index (χ0v) is 12.9. The Labute approximate surface area is 122 Å². The van der Waals surface area contributed by atoms with E-state index in [1.165, 1.54) is 12.8 Å². The van der Waals surface area contributed by atoms with Crippen LogP contribution in [0.15, 0.2) is 0 Å². The third kappa shape index (κ3) is 4.43. The Kier molecular flexibility index (Phi) is 5.81. The van der Waals surface area contributed by atoms with Gasteiger partial charge in [-0.05, 0) is 39.8 Å². The number of hydrogen-bond donors (Lipinski definition) is 1. The molecule has 0 aromatic rings. The summed E-state index contributed by atoms with van der Waals surface area (Å²) in [5, 5.41) is 9.61. The van der Waals surface area contributed by atoms with Crippen LogP contribution in [0.4, 0.5) is 0 Å². The van der Waals surface area contributed by atoms with Gasteiger partial charge in [0.2, 0.25) is 5.91 Å². The SMILES string of the molecule is CC(O)CC1CCCCN1CC(=O)N1CCN(C)CC1. The van der Waals surface area contributed by atoms with Crippen molar-refractivity contribution in [1.29, 1.82) is 0 Å². The molecule has 0 aliphatic carbocycles. The predicted molar refractivity (Wildman–Crippen MR) is 79.6 cm³/mol. The third-order valence-electron chi connectivity index (χ3n) is 4.56. The quantitative estimate of drug-likeness (QED) is 0.810. The van der Waals surface area contributed by atoms with Crippen molar-refractivity contribution in [2.75, 3.05) is 46.3 Å². The molecular formula is C15H29N3O2. The number of likely N-dealkylation sites (tertiary alicyclic amines) is 1. The number of piperidine rings is 1. The van der Waals surface area contributed by atoms with Gasteiger partial charge in [-0.3, -0.25) is 9.69 Å². The van der Waals surface area contributed by atoms with Gasteiger partial charge in [0, 0.05) is 32.2 Å². The number of nitrogens with zero attached hydrogens (tertiary/aromatic N) is 3. The maximum Gasteiger partial charge on any atom is 0.236 e. The first-order valence-corrected chi connectivity index (χ1v) is 7.94. The number of aliphatic hydroxyl groups excluding tert-OH is 1. The summed E-state index contributed by atoms with van der Waals surface area (Å²) in [5.74, 6) is 0.260. The molecule has 0 saturated carbocycles. The van der Waals surface area contributed by atoms with Crippen LogP contribution in [0.2, 0.25) is 0 Å². The van der Waals surface area contributed by atoms with Crippen LogP contribution < -0.4 is 0 Å². The highest BCUT2D eigenvalue weighted by molar-refractivity contribution is 5.78. The molecule has 2 fully saturated rings. The summed E-state index contributed by atoms with van der Waals surface area (Å²) < 4.78 is 0. The topological polar surface area (TPSA) is 47.0 Å². The zero-order valence-electron chi connectivity index (χ0n) is 12.9. The number of piperazine rings is 1. The number of amides is 1. The molecule has 0 aromatic heterocycles. The molecule has 1 N–H and O–H groups in total. The van der Waals surface area contributed by atoms with Crippen LogP contribution in [0.5, 0.6) is 0 Å². The van der Waals surface area contributed by atoms with E-state index in [0.717, 1.165) is 45.6 Å². The first kappa shape index (κ1) is 15.7. The Morgan fingerprint density at radius 2 is 1.90 bits per heavy atom. The minimum absolute atomic E-state index is 0.260. The minimum atomic E-state index is -0.278. The van der Waals surface area contributed by atoms with Gasteiger partial charge in [0.25, 0.3) is 0 Å². The van der Waals surface area contributed by atoms with Crippen molar-refractivity contribution < 1.29 is 9.90 Å². The molecular weight excluding hydrogens is 254 g/mol. The smallest absolute Gasteiger partial charge is 0.236 e. The maximum atomic E-state index is 12.4. The van der Waals surface area contributed by atoms with Crippen LogP contribution in [0.1, 0.15) is 32.6 Å². The minimum Gasteiger partial charge on any atom is -0.393 e. The van der Waals surface area contributed by atoms with Crippen LogP contribution in [0.25, 0.3) is 0 Å². The maximum absolute atomic E-state index is 12.4. The van der Waals surface area contributed by atoms with E-state index in [2.05, 4.69) is 16.8 Å². The summed E-state index contributed by atoms with van der Waals surface area (Å²) in [5.41, 5.74) is 0. The van der Waals surface area contributed by atoms with Crippen molar-refractivity contribution in [2.24, 2.45) is 0 Å². The number of hydrogen-bond acceptors (Lipinski definition) is 4. The standard InChI is InChI=1S/C15H29N3O2/c1-13(19)11-14-5-3-4-6-18(14)12-15(20)17-9-7-16(2)8-10-17/h13-14,19H,3-12H2,1-2H3. The molecule has 0 bridgehead atoms. The van der Waals surface area contributed by atoms with Gasteiger partial charge < -0.3 is 14.9 Å². The fourth-order valence-corrected chi connectivity index (χ4v) is 3.26. The van der Waals surface area contributed by atoms with Crippen molar-refractivity contribution in [3.05, 3.63) is 0 Å². The summed E-state index contributed by atoms with van der Waals surface area (Å²) in [7, 11) is 2.10. The highest BCUT2D eigenvalue weighted by Crippen LogP contribution is 2.21. The van der Waals surface area contributed by atoms with Crippen molar-refractivity contribution in [1.82, 2.24) is 14.7 Å². The number of carbonyl (C=O) groups is 1. The Bertz CT molecular complexity index is 314. The van der Waals surface area contributed by atoms with E-state index in [-0.39, 0.29) is 12.0 Å². The summed E-state index contributed by atoms with van der Waals surface area (Å²) in [6.45, 7) is 7.02. The highest BCUT2D eigenvalue weighted by Gasteiger charge is 2.27. The van der Waals surface area contributed by atoms with Gasteiger partial charge in [-0.2, -0.15) is 0 Å². The lowest BCUT2D eigenvalue weighted by Gasteiger charge is -2.38. The van der Waals surface area contributed by atoms with Crippen LogP contribution in [0.3, 0.4) is 0 Å². The number of likely N-dealkylation sites (N-methyl/N-ethyl adjacent to an activating group) is 1. The molecule has 2 heterocycles. The summed E-state index contributed by atoms with van der Waals surface area (Å²) in [6.07, 6.45) is 4.01. The molecule has 0 aromatic carbocycles. The largest absolute Gasteiger partial charge is 0.393 e. The monoisotopic (exact) mass is 283 g/mol. The van der Waals surface area contributed by atoms with Crippen LogP contribution >= 0.6 is 0 Å². The Hall–Kier alpha value is -0.650. The fraction of sp³-hybridized carbons (Fsp3) is 0.933. The van der Waals surface area contributed by atoms with Crippen molar-refractivity contribution >= 4 is 5.91 Å². The molecule has 2 atom stereocenters. The molecule has 2 saturated heterocycles. The first-order chi connectivity index (χ1) is 9.56. The Morgan fingerprint density at radius 3 is 2.55 bits per heavy atom. The van der Waals surface area contributed by atoms with Gasteiger partial charge in [0.05, 0.1) is 12.6 Å². The van der Waals surface area contributed by atoms with Crippen LogP contribution in [-0.4, -0.2) is 84.2 Å². The van der Waals surface area contributed by atoms with E-state index >= 15 is 0 Å². The average molecular weight is 283 g/mol. The first-order valence-electron chi connectivity index (χ1n) is 7.94. The van der Waals surface area contributed by atoms with E-state index in [1.807, 2.05) is 11.8 Å². The molecule has 5 heteroatoms. The summed E-state index contributed by atoms with van der Waals surface area (Å²) in [4.78, 5) is 19.0. The van der Waals surface area contributed by atoms with Crippen LogP contribution in [-0.2, 0) is 4.79 Å². The molecule has 2 aliphatic heterocycles. The molecule has 0 spiro atoms. The molecule has 1 amide bonds. The third-order valence-corrected chi connectivity index (χ3v) is 4.56. The second-order valence-electron chi connectivity index (χ2n) is 6.39. The molecule has 0 radical (unpaired) electrons. The molecule has 2 aliphatic rings. The lowest BCUT2D eigenvalue weighted by Crippen LogP contribution is -2.52. The van der Waals surface area contributed by atoms with Crippen LogP contribution in [0, 0.1) is 0 Å². The van der Waals surface area contributed by atoms with E-state index < -0.39 is 0 Å². The van der Waals surface area contributed by atoms with E-state index in [1.54, 1.807) is 0 Å².